The molecule has 1 saturated carbocycles. The molecule has 4 rings (SSSR count). The summed E-state index contributed by atoms with van der Waals surface area (Å²) in [6.45, 7) is 0. The molecule has 1 heterocycles. The van der Waals surface area contributed by atoms with Gasteiger partial charge in [-0.3, -0.25) is 4.79 Å². The summed E-state index contributed by atoms with van der Waals surface area (Å²) in [5, 5.41) is 13.1. The second kappa shape index (κ2) is 6.34. The molecule has 1 N–H and O–H groups in total. The van der Waals surface area contributed by atoms with E-state index < -0.39 is 0 Å². The van der Waals surface area contributed by atoms with Gasteiger partial charge in [-0.2, -0.15) is 0 Å². The van der Waals surface area contributed by atoms with Gasteiger partial charge in [0.15, 0.2) is 0 Å². The summed E-state index contributed by atoms with van der Waals surface area (Å²) >= 11 is 7.59. The Hall–Kier alpha value is -2.24. The van der Waals surface area contributed by atoms with Crippen LogP contribution in [0, 0.1) is 5.92 Å². The van der Waals surface area contributed by atoms with Crippen LogP contribution in [0.3, 0.4) is 0 Å². The van der Waals surface area contributed by atoms with E-state index >= 15 is 0 Å². The minimum absolute atomic E-state index is 0.0179. The highest BCUT2D eigenvalue weighted by molar-refractivity contribution is 7.18. The van der Waals surface area contributed by atoms with Crippen molar-refractivity contribution in [2.45, 2.75) is 12.3 Å². The summed E-state index contributed by atoms with van der Waals surface area (Å²) in [7, 11) is 0. The van der Waals surface area contributed by atoms with E-state index in [1.165, 1.54) is 11.3 Å². The molecule has 120 valence electrons. The summed E-state index contributed by atoms with van der Waals surface area (Å²) < 4.78 is 0. The molecule has 0 radical (unpaired) electrons. The lowest BCUT2D eigenvalue weighted by Gasteiger charge is -2.03. The van der Waals surface area contributed by atoms with E-state index in [9.17, 15) is 4.79 Å². The molecular weight excluding hydrogens is 342 g/mol. The number of anilines is 1. The molecule has 0 saturated heterocycles. The molecule has 6 heteroatoms. The lowest BCUT2D eigenvalue weighted by atomic mass is 10.1. The molecule has 24 heavy (non-hydrogen) atoms. The molecule has 1 amide bonds. The fraction of sp³-hybridized carbons (Fsp3) is 0.167. The maximum absolute atomic E-state index is 12.4. The van der Waals surface area contributed by atoms with Crippen LogP contribution < -0.4 is 5.32 Å². The second-order valence-corrected chi connectivity index (χ2v) is 7.12. The van der Waals surface area contributed by atoms with Gasteiger partial charge < -0.3 is 5.32 Å². The predicted molar refractivity (Wildman–Crippen MR) is 96.3 cm³/mol. The molecular formula is C18H14ClN3OS. The van der Waals surface area contributed by atoms with Gasteiger partial charge in [-0.05, 0) is 24.0 Å². The van der Waals surface area contributed by atoms with E-state index in [-0.39, 0.29) is 17.7 Å². The highest BCUT2D eigenvalue weighted by atomic mass is 35.5. The van der Waals surface area contributed by atoms with Crippen molar-refractivity contribution >= 4 is 34.0 Å². The van der Waals surface area contributed by atoms with Gasteiger partial charge >= 0.3 is 0 Å². The highest BCUT2D eigenvalue weighted by Gasteiger charge is 2.45. The zero-order valence-corrected chi connectivity index (χ0v) is 14.2. The van der Waals surface area contributed by atoms with E-state index in [1.54, 1.807) is 0 Å². The first-order valence-corrected chi connectivity index (χ1v) is 8.86. The number of rotatable bonds is 4. The van der Waals surface area contributed by atoms with Crippen molar-refractivity contribution in [3.63, 3.8) is 0 Å². The van der Waals surface area contributed by atoms with E-state index in [2.05, 4.69) is 15.5 Å². The first-order valence-electron chi connectivity index (χ1n) is 7.66. The lowest BCUT2D eigenvalue weighted by Crippen LogP contribution is -2.14. The molecule has 0 aliphatic heterocycles. The largest absolute Gasteiger partial charge is 0.300 e. The minimum atomic E-state index is -0.0472. The van der Waals surface area contributed by atoms with Gasteiger partial charge in [0, 0.05) is 16.5 Å². The van der Waals surface area contributed by atoms with Crippen molar-refractivity contribution in [3.05, 3.63) is 65.2 Å². The molecule has 1 aromatic heterocycles. The monoisotopic (exact) mass is 355 g/mol. The number of nitrogens with one attached hydrogen (secondary N) is 1. The van der Waals surface area contributed by atoms with Gasteiger partial charge in [0.1, 0.15) is 5.01 Å². The van der Waals surface area contributed by atoms with Crippen LogP contribution in [0.15, 0.2) is 54.6 Å². The molecule has 1 aliphatic carbocycles. The Morgan fingerprint density at radius 1 is 1.08 bits per heavy atom. The van der Waals surface area contributed by atoms with Gasteiger partial charge in [-0.1, -0.05) is 71.5 Å². The van der Waals surface area contributed by atoms with Crippen LogP contribution in [-0.4, -0.2) is 16.1 Å². The number of nitrogens with zero attached hydrogens (tertiary/aromatic N) is 2. The van der Waals surface area contributed by atoms with Crippen LogP contribution >= 0.6 is 22.9 Å². The number of carbonyl (C=O) groups excluding carboxylic acids is 1. The number of hydrogen-bond donors (Lipinski definition) is 1. The third-order valence-electron chi connectivity index (χ3n) is 4.11. The average Bonchev–Trinajstić information content (AvgIpc) is 3.27. The average molecular weight is 356 g/mol. The van der Waals surface area contributed by atoms with Crippen LogP contribution in [0.1, 0.15) is 17.9 Å². The van der Waals surface area contributed by atoms with Crippen molar-refractivity contribution < 1.29 is 4.79 Å². The van der Waals surface area contributed by atoms with E-state index in [1.807, 2.05) is 54.6 Å². The smallest absolute Gasteiger partial charge is 0.229 e. The van der Waals surface area contributed by atoms with Gasteiger partial charge in [-0.15, -0.1) is 10.2 Å². The zero-order chi connectivity index (χ0) is 16.5. The van der Waals surface area contributed by atoms with Crippen LogP contribution in [0.4, 0.5) is 5.13 Å². The predicted octanol–water partition coefficient (Wildman–Crippen LogP) is 4.60. The lowest BCUT2D eigenvalue weighted by molar-refractivity contribution is -0.117. The maximum atomic E-state index is 12.4. The Labute approximate surface area is 148 Å². The van der Waals surface area contributed by atoms with E-state index in [0.29, 0.717) is 5.13 Å². The van der Waals surface area contributed by atoms with Crippen molar-refractivity contribution in [1.82, 2.24) is 10.2 Å². The summed E-state index contributed by atoms with van der Waals surface area (Å²) in [6, 6.07) is 17.5. The Bertz CT molecular complexity index is 881. The number of amides is 1. The topological polar surface area (TPSA) is 54.9 Å². The summed E-state index contributed by atoms with van der Waals surface area (Å²) in [6.07, 6.45) is 0.819. The van der Waals surface area contributed by atoms with Gasteiger partial charge in [0.2, 0.25) is 11.0 Å². The fourth-order valence-electron chi connectivity index (χ4n) is 2.77. The van der Waals surface area contributed by atoms with Crippen molar-refractivity contribution in [2.24, 2.45) is 5.92 Å². The standard InChI is InChI=1S/C18H14ClN3OS/c19-15-9-5-4-8-12(15)13-10-14(13)16(23)20-18-22-21-17(24-18)11-6-2-1-3-7-11/h1-9,13-14H,10H2,(H,20,22,23). The maximum Gasteiger partial charge on any atom is 0.229 e. The van der Waals surface area contributed by atoms with Crippen LogP contribution in [0.5, 0.6) is 0 Å². The molecule has 0 spiro atoms. The molecule has 3 aromatic rings. The highest BCUT2D eigenvalue weighted by Crippen LogP contribution is 2.50. The second-order valence-electron chi connectivity index (χ2n) is 5.74. The SMILES string of the molecule is O=C(Nc1nnc(-c2ccccc2)s1)C1CC1c1ccccc1Cl. The molecule has 2 aromatic carbocycles. The van der Waals surface area contributed by atoms with Crippen molar-refractivity contribution in [1.29, 1.82) is 0 Å². The molecule has 4 nitrogen and oxygen atoms in total. The minimum Gasteiger partial charge on any atom is -0.300 e. The quantitative estimate of drug-likeness (QED) is 0.744. The first-order chi connectivity index (χ1) is 11.7. The van der Waals surface area contributed by atoms with Crippen molar-refractivity contribution in [2.75, 3.05) is 5.32 Å². The van der Waals surface area contributed by atoms with E-state index in [4.69, 9.17) is 11.6 Å². The Morgan fingerprint density at radius 2 is 1.83 bits per heavy atom. The zero-order valence-electron chi connectivity index (χ0n) is 12.6. The van der Waals surface area contributed by atoms with Gasteiger partial charge in [0.05, 0.1) is 0 Å². The molecule has 2 unspecified atom stereocenters. The molecule has 1 fully saturated rings. The van der Waals surface area contributed by atoms with Crippen LogP contribution in [0.2, 0.25) is 5.02 Å². The number of carbonyl (C=O) groups is 1. The number of aromatic nitrogens is 2. The summed E-state index contributed by atoms with van der Waals surface area (Å²) in [4.78, 5) is 12.4. The van der Waals surface area contributed by atoms with Crippen LogP contribution in [-0.2, 0) is 4.79 Å². The Kier molecular flexibility index (Phi) is 4.04. The Morgan fingerprint density at radius 3 is 2.62 bits per heavy atom. The molecule has 0 bridgehead atoms. The number of benzene rings is 2. The number of halogens is 1. The first kappa shape index (κ1) is 15.3. The molecule has 2 atom stereocenters. The van der Waals surface area contributed by atoms with Crippen molar-refractivity contribution in [3.8, 4) is 10.6 Å². The van der Waals surface area contributed by atoms with E-state index in [0.717, 1.165) is 27.6 Å². The number of hydrogen-bond acceptors (Lipinski definition) is 4. The summed E-state index contributed by atoms with van der Waals surface area (Å²) in [5.41, 5.74) is 2.04. The van der Waals surface area contributed by atoms with Gasteiger partial charge in [0.25, 0.3) is 0 Å². The summed E-state index contributed by atoms with van der Waals surface area (Å²) in [5.74, 6) is 0.130. The fourth-order valence-corrected chi connectivity index (χ4v) is 3.80. The third-order valence-corrected chi connectivity index (χ3v) is 5.34. The third kappa shape index (κ3) is 3.05. The normalized spacial score (nSPS) is 19.0. The Balaban J connectivity index is 1.43. The van der Waals surface area contributed by atoms with Gasteiger partial charge in [-0.25, -0.2) is 0 Å². The molecule has 1 aliphatic rings. The van der Waals surface area contributed by atoms with Crippen LogP contribution in [0.25, 0.3) is 10.6 Å².